The summed E-state index contributed by atoms with van der Waals surface area (Å²) in [4.78, 5) is 27.1. The molecule has 2 N–H and O–H groups in total. The van der Waals surface area contributed by atoms with Gasteiger partial charge in [0.05, 0.1) is 22.5 Å². The van der Waals surface area contributed by atoms with Crippen molar-refractivity contribution in [3.63, 3.8) is 0 Å². The molecular formula is C26H16Br2N2O2. The molecule has 0 amide bonds. The lowest BCUT2D eigenvalue weighted by Gasteiger charge is -2.24. The van der Waals surface area contributed by atoms with E-state index in [1.165, 1.54) is 0 Å². The predicted octanol–water partition coefficient (Wildman–Crippen LogP) is 7.47. The summed E-state index contributed by atoms with van der Waals surface area (Å²) in [6.07, 6.45) is 0. The number of hydrogen-bond donors (Lipinski definition) is 2. The first kappa shape index (κ1) is 20.7. The highest BCUT2D eigenvalue weighted by atomic mass is 79.9. The van der Waals surface area contributed by atoms with E-state index in [-0.39, 0.29) is 11.6 Å². The summed E-state index contributed by atoms with van der Waals surface area (Å²) < 4.78 is 1.92. The van der Waals surface area contributed by atoms with Gasteiger partial charge in [-0.25, -0.2) is 0 Å². The molecule has 1 aliphatic carbocycles. The second kappa shape index (κ2) is 8.37. The number of ketones is 2. The Bertz CT molecular complexity index is 1260. The van der Waals surface area contributed by atoms with Gasteiger partial charge >= 0.3 is 0 Å². The van der Waals surface area contributed by atoms with Crippen molar-refractivity contribution in [2.75, 3.05) is 10.6 Å². The number of nitrogens with one attached hydrogen (secondary N) is 2. The maximum atomic E-state index is 13.5. The van der Waals surface area contributed by atoms with Crippen molar-refractivity contribution in [2.45, 2.75) is 0 Å². The molecule has 0 saturated heterocycles. The first-order valence-electron chi connectivity index (χ1n) is 9.92. The molecule has 0 bridgehead atoms. The number of benzene rings is 4. The molecule has 0 fully saturated rings. The van der Waals surface area contributed by atoms with Crippen LogP contribution in [0.1, 0.15) is 31.8 Å². The largest absolute Gasteiger partial charge is 0.355 e. The SMILES string of the molecule is O=C1c2ccccc2C(=O)c2c(Nc3ccc(Br)cc3)ccc(Nc3ccc(Br)cc3)c21. The second-order valence-corrected chi connectivity index (χ2v) is 9.21. The van der Waals surface area contributed by atoms with Gasteiger partial charge in [0.2, 0.25) is 0 Å². The van der Waals surface area contributed by atoms with Crippen LogP contribution in [-0.4, -0.2) is 11.6 Å². The lowest BCUT2D eigenvalue weighted by Crippen LogP contribution is -2.23. The first-order chi connectivity index (χ1) is 15.5. The van der Waals surface area contributed by atoms with Crippen LogP contribution in [0.5, 0.6) is 0 Å². The topological polar surface area (TPSA) is 58.2 Å². The van der Waals surface area contributed by atoms with E-state index in [1.54, 1.807) is 24.3 Å². The Hall–Kier alpha value is -3.22. The van der Waals surface area contributed by atoms with Crippen molar-refractivity contribution in [2.24, 2.45) is 0 Å². The molecule has 0 unspecified atom stereocenters. The minimum absolute atomic E-state index is 0.172. The van der Waals surface area contributed by atoms with Gasteiger partial charge in [-0.1, -0.05) is 56.1 Å². The summed E-state index contributed by atoms with van der Waals surface area (Å²) in [6, 6.07) is 25.9. The third-order valence-electron chi connectivity index (χ3n) is 5.32. The van der Waals surface area contributed by atoms with Crippen molar-refractivity contribution >= 4 is 66.2 Å². The zero-order valence-electron chi connectivity index (χ0n) is 16.7. The minimum atomic E-state index is -0.172. The molecule has 0 saturated carbocycles. The van der Waals surface area contributed by atoms with E-state index >= 15 is 0 Å². The molecular weight excluding hydrogens is 532 g/mol. The Morgan fingerprint density at radius 2 is 0.875 bits per heavy atom. The van der Waals surface area contributed by atoms with E-state index in [9.17, 15) is 9.59 Å². The van der Waals surface area contributed by atoms with Gasteiger partial charge in [-0.3, -0.25) is 9.59 Å². The van der Waals surface area contributed by atoms with Crippen LogP contribution in [0.2, 0.25) is 0 Å². The molecule has 6 heteroatoms. The molecule has 5 rings (SSSR count). The van der Waals surface area contributed by atoms with Gasteiger partial charge < -0.3 is 10.6 Å². The molecule has 0 radical (unpaired) electrons. The summed E-state index contributed by atoms with van der Waals surface area (Å²) in [5, 5.41) is 6.62. The predicted molar refractivity (Wildman–Crippen MR) is 135 cm³/mol. The van der Waals surface area contributed by atoms with E-state index < -0.39 is 0 Å². The fraction of sp³-hybridized carbons (Fsp3) is 0. The Labute approximate surface area is 201 Å². The molecule has 0 heterocycles. The van der Waals surface area contributed by atoms with Crippen LogP contribution in [0.4, 0.5) is 22.7 Å². The van der Waals surface area contributed by atoms with Crippen molar-refractivity contribution < 1.29 is 9.59 Å². The van der Waals surface area contributed by atoms with Crippen LogP contribution in [0.3, 0.4) is 0 Å². The van der Waals surface area contributed by atoms with E-state index in [1.807, 2.05) is 60.7 Å². The smallest absolute Gasteiger partial charge is 0.196 e. The van der Waals surface area contributed by atoms with E-state index in [2.05, 4.69) is 42.5 Å². The summed E-state index contributed by atoms with van der Waals surface area (Å²) in [6.45, 7) is 0. The Morgan fingerprint density at radius 3 is 1.25 bits per heavy atom. The van der Waals surface area contributed by atoms with Gasteiger partial charge in [0.15, 0.2) is 11.6 Å². The van der Waals surface area contributed by atoms with Crippen LogP contribution in [0.25, 0.3) is 0 Å². The fourth-order valence-corrected chi connectivity index (χ4v) is 4.34. The zero-order chi connectivity index (χ0) is 22.2. The second-order valence-electron chi connectivity index (χ2n) is 7.38. The van der Waals surface area contributed by atoms with Gasteiger partial charge in [0.1, 0.15) is 0 Å². The highest BCUT2D eigenvalue weighted by molar-refractivity contribution is 9.10. The van der Waals surface area contributed by atoms with Crippen LogP contribution in [0, 0.1) is 0 Å². The summed E-state index contributed by atoms with van der Waals surface area (Å²) in [7, 11) is 0. The van der Waals surface area contributed by atoms with Gasteiger partial charge in [-0.05, 0) is 60.7 Å². The Morgan fingerprint density at radius 1 is 0.500 bits per heavy atom. The number of hydrogen-bond acceptors (Lipinski definition) is 4. The highest BCUT2D eigenvalue weighted by Crippen LogP contribution is 2.38. The average molecular weight is 548 g/mol. The van der Waals surface area contributed by atoms with E-state index in [4.69, 9.17) is 0 Å². The number of halogens is 2. The van der Waals surface area contributed by atoms with Gasteiger partial charge in [-0.15, -0.1) is 0 Å². The maximum absolute atomic E-state index is 13.5. The quantitative estimate of drug-likeness (QED) is 0.245. The number of fused-ring (bicyclic) bond motifs is 2. The number of rotatable bonds is 4. The standard InChI is InChI=1S/C26H16Br2N2O2/c27-15-5-9-17(10-6-15)29-21-13-14-22(30-18-11-7-16(28)8-12-18)24-23(21)25(31)19-3-1-2-4-20(19)26(24)32/h1-14,29-30H. The number of anilines is 4. The van der Waals surface area contributed by atoms with E-state index in [0.717, 1.165) is 20.3 Å². The lowest BCUT2D eigenvalue weighted by molar-refractivity contribution is 0.0980. The molecule has 32 heavy (non-hydrogen) atoms. The van der Waals surface area contributed by atoms with Gasteiger partial charge in [0, 0.05) is 31.4 Å². The summed E-state index contributed by atoms with van der Waals surface area (Å²) >= 11 is 6.87. The number of carbonyl (C=O) groups excluding carboxylic acids is 2. The Kier molecular flexibility index (Phi) is 5.41. The monoisotopic (exact) mass is 546 g/mol. The molecule has 1 aliphatic rings. The summed E-state index contributed by atoms with van der Waals surface area (Å²) in [5.41, 5.74) is 4.42. The molecule has 0 aromatic heterocycles. The van der Waals surface area contributed by atoms with Crippen LogP contribution < -0.4 is 10.6 Å². The van der Waals surface area contributed by atoms with Crippen LogP contribution in [0.15, 0.2) is 93.9 Å². The van der Waals surface area contributed by atoms with Crippen molar-refractivity contribution in [1.82, 2.24) is 0 Å². The lowest BCUT2D eigenvalue weighted by atomic mass is 9.82. The minimum Gasteiger partial charge on any atom is -0.355 e. The fourth-order valence-electron chi connectivity index (χ4n) is 3.81. The van der Waals surface area contributed by atoms with Gasteiger partial charge in [0.25, 0.3) is 0 Å². The molecule has 0 aliphatic heterocycles. The van der Waals surface area contributed by atoms with E-state index in [0.29, 0.717) is 33.6 Å². The molecule has 156 valence electrons. The van der Waals surface area contributed by atoms with Crippen molar-refractivity contribution in [3.05, 3.63) is 116 Å². The molecule has 4 nitrogen and oxygen atoms in total. The highest BCUT2D eigenvalue weighted by Gasteiger charge is 2.34. The molecule has 4 aromatic carbocycles. The number of carbonyl (C=O) groups is 2. The maximum Gasteiger partial charge on any atom is 0.196 e. The average Bonchev–Trinajstić information content (AvgIpc) is 2.81. The third-order valence-corrected chi connectivity index (χ3v) is 6.38. The Balaban J connectivity index is 1.65. The normalized spacial score (nSPS) is 12.2. The molecule has 4 aromatic rings. The summed E-state index contributed by atoms with van der Waals surface area (Å²) in [5.74, 6) is -0.344. The zero-order valence-corrected chi connectivity index (χ0v) is 19.8. The van der Waals surface area contributed by atoms with Crippen LogP contribution >= 0.6 is 31.9 Å². The van der Waals surface area contributed by atoms with Crippen LogP contribution in [-0.2, 0) is 0 Å². The van der Waals surface area contributed by atoms with Crippen molar-refractivity contribution in [1.29, 1.82) is 0 Å². The van der Waals surface area contributed by atoms with Gasteiger partial charge in [-0.2, -0.15) is 0 Å². The molecule has 0 spiro atoms. The van der Waals surface area contributed by atoms with Crippen molar-refractivity contribution in [3.8, 4) is 0 Å². The third kappa shape index (κ3) is 3.76. The first-order valence-corrected chi connectivity index (χ1v) is 11.5. The molecule has 0 atom stereocenters.